The van der Waals surface area contributed by atoms with Gasteiger partial charge in [-0.2, -0.15) is 0 Å². The topological polar surface area (TPSA) is 40.7 Å². The number of H-pyrrole nitrogens is 1. The first kappa shape index (κ1) is 14.2. The molecule has 0 saturated carbocycles. The van der Waals surface area contributed by atoms with Gasteiger partial charge < -0.3 is 10.3 Å². The summed E-state index contributed by atoms with van der Waals surface area (Å²) in [5.74, 6) is 0.789. The van der Waals surface area contributed by atoms with Gasteiger partial charge in [0.1, 0.15) is 0 Å². The van der Waals surface area contributed by atoms with Crippen LogP contribution >= 0.6 is 23.2 Å². The van der Waals surface area contributed by atoms with E-state index in [1.54, 1.807) is 12.3 Å². The highest BCUT2D eigenvalue weighted by Gasteiger charge is 2.05. The molecule has 102 valence electrons. The van der Waals surface area contributed by atoms with E-state index in [0.717, 1.165) is 30.2 Å². The van der Waals surface area contributed by atoms with Gasteiger partial charge in [-0.3, -0.25) is 0 Å². The molecule has 1 heterocycles. The zero-order valence-corrected chi connectivity index (χ0v) is 12.4. The monoisotopic (exact) mass is 297 g/mol. The summed E-state index contributed by atoms with van der Waals surface area (Å²) in [6.45, 7) is 3.12. The number of imidazole rings is 1. The maximum atomic E-state index is 6.01. The van der Waals surface area contributed by atoms with Crippen molar-refractivity contribution in [2.75, 3.05) is 11.9 Å². The summed E-state index contributed by atoms with van der Waals surface area (Å²) < 4.78 is 0. The summed E-state index contributed by atoms with van der Waals surface area (Å²) in [5, 5.41) is 4.38. The lowest BCUT2D eigenvalue weighted by Crippen LogP contribution is -2.02. The number of rotatable bonds is 6. The molecule has 0 aliphatic rings. The number of halogens is 2. The number of hydrogen-bond acceptors (Lipinski definition) is 2. The molecule has 2 rings (SSSR count). The second-order valence-corrected chi connectivity index (χ2v) is 5.22. The number of nitrogens with one attached hydrogen (secondary N) is 2. The van der Waals surface area contributed by atoms with E-state index in [-0.39, 0.29) is 0 Å². The van der Waals surface area contributed by atoms with Crippen molar-refractivity contribution >= 4 is 29.2 Å². The average Bonchev–Trinajstić information content (AvgIpc) is 2.87. The van der Waals surface area contributed by atoms with Gasteiger partial charge in [0.25, 0.3) is 0 Å². The molecule has 1 aromatic carbocycles. The van der Waals surface area contributed by atoms with Gasteiger partial charge in [0.05, 0.1) is 21.9 Å². The lowest BCUT2D eigenvalue weighted by Gasteiger charge is -2.02. The highest BCUT2D eigenvalue weighted by molar-refractivity contribution is 6.42. The van der Waals surface area contributed by atoms with E-state index in [4.69, 9.17) is 23.2 Å². The van der Waals surface area contributed by atoms with Gasteiger partial charge in [-0.25, -0.2) is 4.98 Å². The molecule has 0 bridgehead atoms. The fourth-order valence-corrected chi connectivity index (χ4v) is 2.10. The average molecular weight is 298 g/mol. The van der Waals surface area contributed by atoms with E-state index >= 15 is 0 Å². The molecule has 0 amide bonds. The summed E-state index contributed by atoms with van der Waals surface area (Å²) in [5.41, 5.74) is 1.90. The van der Waals surface area contributed by atoms with Crippen molar-refractivity contribution in [3.05, 3.63) is 34.4 Å². The maximum absolute atomic E-state index is 6.01. The van der Waals surface area contributed by atoms with Gasteiger partial charge in [-0.05, 0) is 18.6 Å². The molecular weight excluding hydrogens is 281 g/mol. The predicted octanol–water partition coefficient (Wildman–Crippen LogP) is 4.99. The molecule has 0 aliphatic heterocycles. The molecule has 2 aromatic rings. The number of aromatic amines is 1. The molecule has 5 heteroatoms. The number of unbranched alkanes of at least 4 members (excludes halogenated alkanes) is 2. The Morgan fingerprint density at radius 3 is 2.79 bits per heavy atom. The quantitative estimate of drug-likeness (QED) is 0.738. The number of anilines is 1. The van der Waals surface area contributed by atoms with Gasteiger partial charge >= 0.3 is 0 Å². The SMILES string of the molecule is CCCCCNc1ncc(-c2ccc(Cl)c(Cl)c2)[nH]1. The second-order valence-electron chi connectivity index (χ2n) is 4.41. The standard InChI is InChI=1S/C14H17Cl2N3/c1-2-3-4-7-17-14-18-9-13(19-14)10-5-6-11(15)12(16)8-10/h5-6,8-9H,2-4,7H2,1H3,(H2,17,18,19). The third-order valence-corrected chi connectivity index (χ3v) is 3.62. The van der Waals surface area contributed by atoms with Gasteiger partial charge in [-0.1, -0.05) is 49.0 Å². The van der Waals surface area contributed by atoms with Crippen LogP contribution in [0.1, 0.15) is 26.2 Å². The van der Waals surface area contributed by atoms with Gasteiger partial charge in [0.15, 0.2) is 0 Å². The van der Waals surface area contributed by atoms with Crippen LogP contribution in [-0.2, 0) is 0 Å². The van der Waals surface area contributed by atoms with Crippen LogP contribution in [0.4, 0.5) is 5.95 Å². The molecule has 0 unspecified atom stereocenters. The fourth-order valence-electron chi connectivity index (χ4n) is 1.80. The fraction of sp³-hybridized carbons (Fsp3) is 0.357. The molecular formula is C14H17Cl2N3. The Labute approximate surface area is 123 Å². The molecule has 0 spiro atoms. The Morgan fingerprint density at radius 1 is 1.21 bits per heavy atom. The van der Waals surface area contributed by atoms with Gasteiger partial charge in [0, 0.05) is 12.1 Å². The zero-order valence-electron chi connectivity index (χ0n) is 10.8. The van der Waals surface area contributed by atoms with Crippen LogP contribution in [0.3, 0.4) is 0 Å². The molecule has 0 fully saturated rings. The van der Waals surface area contributed by atoms with E-state index in [1.807, 2.05) is 12.1 Å². The molecule has 0 atom stereocenters. The minimum absolute atomic E-state index is 0.547. The van der Waals surface area contributed by atoms with Gasteiger partial charge in [0.2, 0.25) is 5.95 Å². The second kappa shape index (κ2) is 6.83. The normalized spacial score (nSPS) is 10.7. The van der Waals surface area contributed by atoms with Crippen LogP contribution in [-0.4, -0.2) is 16.5 Å². The molecule has 0 radical (unpaired) electrons. The molecule has 19 heavy (non-hydrogen) atoms. The Balaban J connectivity index is 2.01. The molecule has 1 aromatic heterocycles. The molecule has 0 aliphatic carbocycles. The summed E-state index contributed by atoms with van der Waals surface area (Å²) in [4.78, 5) is 7.53. The van der Waals surface area contributed by atoms with Crippen molar-refractivity contribution in [1.82, 2.24) is 9.97 Å². The van der Waals surface area contributed by atoms with Crippen LogP contribution in [0.15, 0.2) is 24.4 Å². The van der Waals surface area contributed by atoms with Crippen LogP contribution in [0.2, 0.25) is 10.0 Å². The Kier molecular flexibility index (Phi) is 5.11. The van der Waals surface area contributed by atoms with E-state index in [9.17, 15) is 0 Å². The Morgan fingerprint density at radius 2 is 2.05 bits per heavy atom. The van der Waals surface area contributed by atoms with Crippen LogP contribution in [0, 0.1) is 0 Å². The van der Waals surface area contributed by atoms with E-state index in [1.165, 1.54) is 12.8 Å². The third kappa shape index (κ3) is 3.88. The zero-order chi connectivity index (χ0) is 13.7. The largest absolute Gasteiger partial charge is 0.356 e. The van der Waals surface area contributed by atoms with Gasteiger partial charge in [-0.15, -0.1) is 0 Å². The van der Waals surface area contributed by atoms with Crippen molar-refractivity contribution in [3.8, 4) is 11.3 Å². The Bertz CT molecular complexity index is 537. The lowest BCUT2D eigenvalue weighted by atomic mass is 10.2. The van der Waals surface area contributed by atoms with Crippen LogP contribution in [0.5, 0.6) is 0 Å². The summed E-state index contributed by atoms with van der Waals surface area (Å²) in [6.07, 6.45) is 5.39. The number of aromatic nitrogens is 2. The van der Waals surface area contributed by atoms with Crippen molar-refractivity contribution in [2.45, 2.75) is 26.2 Å². The molecule has 3 nitrogen and oxygen atoms in total. The van der Waals surface area contributed by atoms with Crippen molar-refractivity contribution in [1.29, 1.82) is 0 Å². The van der Waals surface area contributed by atoms with E-state index < -0.39 is 0 Å². The molecule has 0 saturated heterocycles. The summed E-state index contributed by atoms with van der Waals surface area (Å²) in [6, 6.07) is 5.54. The maximum Gasteiger partial charge on any atom is 0.200 e. The van der Waals surface area contributed by atoms with Crippen molar-refractivity contribution in [3.63, 3.8) is 0 Å². The number of benzene rings is 1. The summed E-state index contributed by atoms with van der Waals surface area (Å²) >= 11 is 11.9. The minimum Gasteiger partial charge on any atom is -0.356 e. The van der Waals surface area contributed by atoms with Crippen LogP contribution < -0.4 is 5.32 Å². The smallest absolute Gasteiger partial charge is 0.200 e. The highest BCUT2D eigenvalue weighted by Crippen LogP contribution is 2.27. The highest BCUT2D eigenvalue weighted by atomic mass is 35.5. The summed E-state index contributed by atoms with van der Waals surface area (Å²) in [7, 11) is 0. The first-order valence-corrected chi connectivity index (χ1v) is 7.20. The number of hydrogen-bond donors (Lipinski definition) is 2. The number of nitrogens with zero attached hydrogens (tertiary/aromatic N) is 1. The van der Waals surface area contributed by atoms with E-state index in [2.05, 4.69) is 22.2 Å². The van der Waals surface area contributed by atoms with Crippen molar-refractivity contribution < 1.29 is 0 Å². The van der Waals surface area contributed by atoms with Crippen molar-refractivity contribution in [2.24, 2.45) is 0 Å². The predicted molar refractivity (Wildman–Crippen MR) is 82.1 cm³/mol. The Hall–Kier alpha value is -1.19. The first-order valence-electron chi connectivity index (χ1n) is 6.45. The van der Waals surface area contributed by atoms with E-state index in [0.29, 0.717) is 10.0 Å². The molecule has 2 N–H and O–H groups in total. The third-order valence-electron chi connectivity index (χ3n) is 2.88. The lowest BCUT2D eigenvalue weighted by molar-refractivity contribution is 0.741. The first-order chi connectivity index (χ1) is 9.20. The minimum atomic E-state index is 0.547. The van der Waals surface area contributed by atoms with Crippen LogP contribution in [0.25, 0.3) is 11.3 Å².